The van der Waals surface area contributed by atoms with Crippen LogP contribution in [0.1, 0.15) is 11.3 Å². The second-order valence-corrected chi connectivity index (χ2v) is 7.14. The first kappa shape index (κ1) is 19.2. The first-order valence-electron chi connectivity index (χ1n) is 9.48. The number of likely N-dealkylation sites (N-methyl/N-ethyl adjacent to an activating group) is 1. The minimum Gasteiger partial charge on any atom is -0.354 e. The lowest BCUT2D eigenvalue weighted by atomic mass is 10.2. The van der Waals surface area contributed by atoms with E-state index in [-0.39, 0.29) is 0 Å². The molecular formula is C20H31N7. The number of aliphatic imine (C=N–C) groups is 1. The molecule has 0 aromatic carbocycles. The van der Waals surface area contributed by atoms with Gasteiger partial charge in [-0.15, -0.1) is 0 Å². The summed E-state index contributed by atoms with van der Waals surface area (Å²) < 4.78 is 2.14. The Morgan fingerprint density at radius 1 is 1.19 bits per heavy atom. The standard InChI is InChI=1S/C20H31N7/c1-21-20(26(4)16-18-8-6-10-25(18)3)23-15-17-7-5-9-22-19(17)27-13-11-24(2)12-14-27/h5-10H,11-16H2,1-4H3,(H,21,23). The number of hydrogen-bond acceptors (Lipinski definition) is 4. The zero-order valence-electron chi connectivity index (χ0n) is 16.9. The van der Waals surface area contributed by atoms with Crippen LogP contribution in [0.15, 0.2) is 41.7 Å². The number of guanidine groups is 1. The molecule has 0 bridgehead atoms. The van der Waals surface area contributed by atoms with Gasteiger partial charge in [0, 0.05) is 77.5 Å². The van der Waals surface area contributed by atoms with E-state index in [4.69, 9.17) is 0 Å². The number of nitrogens with zero attached hydrogens (tertiary/aromatic N) is 6. The predicted molar refractivity (Wildman–Crippen MR) is 111 cm³/mol. The molecule has 0 unspecified atom stereocenters. The molecule has 2 aromatic heterocycles. The number of aromatic nitrogens is 2. The zero-order valence-corrected chi connectivity index (χ0v) is 16.9. The van der Waals surface area contributed by atoms with Crippen LogP contribution < -0.4 is 10.2 Å². The molecule has 1 N–H and O–H groups in total. The molecular weight excluding hydrogens is 338 g/mol. The Kier molecular flexibility index (Phi) is 6.34. The molecule has 0 radical (unpaired) electrons. The average molecular weight is 370 g/mol. The van der Waals surface area contributed by atoms with E-state index < -0.39 is 0 Å². The summed E-state index contributed by atoms with van der Waals surface area (Å²) in [5.41, 5.74) is 2.45. The minimum absolute atomic E-state index is 0.708. The fourth-order valence-electron chi connectivity index (χ4n) is 3.41. The van der Waals surface area contributed by atoms with Crippen molar-refractivity contribution in [1.29, 1.82) is 0 Å². The van der Waals surface area contributed by atoms with E-state index in [1.54, 1.807) is 0 Å². The lowest BCUT2D eigenvalue weighted by molar-refractivity contribution is 0.311. The van der Waals surface area contributed by atoms with E-state index in [1.165, 1.54) is 11.3 Å². The van der Waals surface area contributed by atoms with Crippen molar-refractivity contribution in [1.82, 2.24) is 24.7 Å². The van der Waals surface area contributed by atoms with E-state index in [1.807, 2.05) is 19.3 Å². The Labute approximate surface area is 162 Å². The SMILES string of the molecule is CN=C(NCc1cccnc1N1CCN(C)CC1)N(C)Cc1cccn1C. The van der Waals surface area contributed by atoms with Crippen LogP contribution in [0.25, 0.3) is 0 Å². The second-order valence-electron chi connectivity index (χ2n) is 7.14. The first-order valence-corrected chi connectivity index (χ1v) is 9.48. The van der Waals surface area contributed by atoms with Crippen molar-refractivity contribution in [3.05, 3.63) is 47.9 Å². The third kappa shape index (κ3) is 4.80. The third-order valence-corrected chi connectivity index (χ3v) is 5.13. The van der Waals surface area contributed by atoms with Crippen LogP contribution in [0.4, 0.5) is 5.82 Å². The summed E-state index contributed by atoms with van der Waals surface area (Å²) in [6, 6.07) is 8.36. The van der Waals surface area contributed by atoms with Gasteiger partial charge in [-0.25, -0.2) is 4.98 Å². The van der Waals surface area contributed by atoms with Crippen molar-refractivity contribution in [3.63, 3.8) is 0 Å². The quantitative estimate of drug-likeness (QED) is 0.637. The van der Waals surface area contributed by atoms with Crippen molar-refractivity contribution < 1.29 is 0 Å². The molecule has 1 saturated heterocycles. The Balaban J connectivity index is 1.64. The maximum Gasteiger partial charge on any atom is 0.194 e. The number of piperazine rings is 1. The highest BCUT2D eigenvalue weighted by molar-refractivity contribution is 5.79. The Hall–Kier alpha value is -2.54. The van der Waals surface area contributed by atoms with Gasteiger partial charge in [-0.2, -0.15) is 0 Å². The van der Waals surface area contributed by atoms with Crippen LogP contribution in [0, 0.1) is 0 Å². The topological polar surface area (TPSA) is 51.9 Å². The van der Waals surface area contributed by atoms with Crippen LogP contribution in [-0.2, 0) is 20.1 Å². The average Bonchev–Trinajstić information content (AvgIpc) is 3.08. The van der Waals surface area contributed by atoms with Crippen molar-refractivity contribution >= 4 is 11.8 Å². The molecule has 27 heavy (non-hydrogen) atoms. The van der Waals surface area contributed by atoms with Gasteiger partial charge in [0.25, 0.3) is 0 Å². The van der Waals surface area contributed by atoms with Gasteiger partial charge in [0.2, 0.25) is 0 Å². The van der Waals surface area contributed by atoms with Crippen LogP contribution >= 0.6 is 0 Å². The molecule has 1 aliphatic heterocycles. The molecule has 146 valence electrons. The highest BCUT2D eigenvalue weighted by Crippen LogP contribution is 2.18. The molecule has 0 amide bonds. The maximum atomic E-state index is 4.66. The second kappa shape index (κ2) is 8.90. The molecule has 3 heterocycles. The van der Waals surface area contributed by atoms with E-state index in [9.17, 15) is 0 Å². The molecule has 7 heteroatoms. The number of nitrogens with one attached hydrogen (secondary N) is 1. The summed E-state index contributed by atoms with van der Waals surface area (Å²) >= 11 is 0. The van der Waals surface area contributed by atoms with Gasteiger partial charge >= 0.3 is 0 Å². The smallest absolute Gasteiger partial charge is 0.194 e. The van der Waals surface area contributed by atoms with Gasteiger partial charge < -0.3 is 24.6 Å². The summed E-state index contributed by atoms with van der Waals surface area (Å²) in [6.45, 7) is 5.70. The van der Waals surface area contributed by atoms with E-state index >= 15 is 0 Å². The molecule has 0 atom stereocenters. The normalized spacial score (nSPS) is 15.9. The van der Waals surface area contributed by atoms with Crippen molar-refractivity contribution in [2.45, 2.75) is 13.1 Å². The molecule has 1 fully saturated rings. The van der Waals surface area contributed by atoms with Crippen LogP contribution in [0.2, 0.25) is 0 Å². The summed E-state index contributed by atoms with van der Waals surface area (Å²) in [7, 11) is 8.13. The monoisotopic (exact) mass is 369 g/mol. The van der Waals surface area contributed by atoms with Gasteiger partial charge in [-0.1, -0.05) is 6.07 Å². The van der Waals surface area contributed by atoms with E-state index in [0.717, 1.165) is 44.5 Å². The minimum atomic E-state index is 0.708. The summed E-state index contributed by atoms with van der Waals surface area (Å²) in [6.07, 6.45) is 3.95. The number of rotatable bonds is 5. The van der Waals surface area contributed by atoms with E-state index in [2.05, 4.69) is 80.1 Å². The molecule has 0 spiro atoms. The highest BCUT2D eigenvalue weighted by atomic mass is 15.3. The molecule has 3 rings (SSSR count). The van der Waals surface area contributed by atoms with Crippen molar-refractivity contribution in [2.75, 3.05) is 52.2 Å². The lowest BCUT2D eigenvalue weighted by Gasteiger charge is -2.34. The predicted octanol–water partition coefficient (Wildman–Crippen LogP) is 1.38. The molecule has 0 saturated carbocycles. The summed E-state index contributed by atoms with van der Waals surface area (Å²) in [5.74, 6) is 1.96. The third-order valence-electron chi connectivity index (χ3n) is 5.13. The van der Waals surface area contributed by atoms with Crippen molar-refractivity contribution in [3.8, 4) is 0 Å². The van der Waals surface area contributed by atoms with Gasteiger partial charge in [-0.3, -0.25) is 4.99 Å². The number of pyridine rings is 1. The van der Waals surface area contributed by atoms with Crippen LogP contribution in [-0.4, -0.2) is 72.6 Å². The fraction of sp³-hybridized carbons (Fsp3) is 0.500. The molecule has 1 aliphatic rings. The Morgan fingerprint density at radius 2 is 1.96 bits per heavy atom. The zero-order chi connectivity index (χ0) is 19.2. The Morgan fingerprint density at radius 3 is 2.63 bits per heavy atom. The molecule has 2 aromatic rings. The van der Waals surface area contributed by atoms with Gasteiger partial charge in [-0.05, 0) is 25.2 Å². The summed E-state index contributed by atoms with van der Waals surface area (Å²) in [5, 5.41) is 3.50. The van der Waals surface area contributed by atoms with Crippen LogP contribution in [0.5, 0.6) is 0 Å². The first-order chi connectivity index (χ1) is 13.1. The van der Waals surface area contributed by atoms with Gasteiger partial charge in [0.05, 0.1) is 6.54 Å². The van der Waals surface area contributed by atoms with Crippen LogP contribution in [0.3, 0.4) is 0 Å². The summed E-state index contributed by atoms with van der Waals surface area (Å²) in [4.78, 5) is 16.0. The van der Waals surface area contributed by atoms with Gasteiger partial charge in [0.15, 0.2) is 5.96 Å². The fourth-order valence-corrected chi connectivity index (χ4v) is 3.41. The van der Waals surface area contributed by atoms with Gasteiger partial charge in [0.1, 0.15) is 5.82 Å². The lowest BCUT2D eigenvalue weighted by Crippen LogP contribution is -2.45. The largest absolute Gasteiger partial charge is 0.354 e. The number of aryl methyl sites for hydroxylation is 1. The molecule has 7 nitrogen and oxygen atoms in total. The number of hydrogen-bond donors (Lipinski definition) is 1. The highest BCUT2D eigenvalue weighted by Gasteiger charge is 2.18. The maximum absolute atomic E-state index is 4.66. The van der Waals surface area contributed by atoms with Crippen molar-refractivity contribution in [2.24, 2.45) is 12.0 Å². The number of anilines is 1. The molecule has 0 aliphatic carbocycles. The Bertz CT molecular complexity index is 759. The van der Waals surface area contributed by atoms with E-state index in [0.29, 0.717) is 6.54 Å².